The molecule has 2 heterocycles. The number of nitrogens with two attached hydrogens (primary N) is 1. The number of aromatic nitrogens is 2. The number of hydrogen-bond donors (Lipinski definition) is 1. The molecule has 1 aliphatic heterocycles. The predicted molar refractivity (Wildman–Crippen MR) is 64.3 cm³/mol. The average Bonchev–Trinajstić information content (AvgIpc) is 2.61. The lowest BCUT2D eigenvalue weighted by Gasteiger charge is -2.14. The van der Waals surface area contributed by atoms with E-state index in [4.69, 9.17) is 5.73 Å². The van der Waals surface area contributed by atoms with Crippen LogP contribution in [0, 0.1) is 9.62 Å². The first kappa shape index (κ1) is 10.7. The van der Waals surface area contributed by atoms with Crippen molar-refractivity contribution in [1.29, 1.82) is 0 Å². The number of amides is 1. The fraction of sp³-hybridized carbons (Fsp3) is 0.444. The third-order valence-electron chi connectivity index (χ3n) is 2.43. The number of hydrogen-bond acceptors (Lipinski definition) is 4. The number of nitrogens with zero attached hydrogens (tertiary/aromatic N) is 3. The van der Waals surface area contributed by atoms with E-state index in [9.17, 15) is 4.79 Å². The quantitative estimate of drug-likeness (QED) is 0.801. The molecule has 5 nitrogen and oxygen atoms in total. The van der Waals surface area contributed by atoms with Gasteiger partial charge >= 0.3 is 0 Å². The van der Waals surface area contributed by atoms with Crippen LogP contribution in [-0.2, 0) is 4.79 Å². The van der Waals surface area contributed by atoms with Gasteiger partial charge in [-0.3, -0.25) is 9.69 Å². The number of rotatable bonds is 2. The van der Waals surface area contributed by atoms with Crippen molar-refractivity contribution in [2.75, 3.05) is 18.0 Å². The maximum atomic E-state index is 11.6. The van der Waals surface area contributed by atoms with E-state index in [1.165, 1.54) is 0 Å². The minimum absolute atomic E-state index is 0.0842. The topological polar surface area (TPSA) is 72.1 Å². The SMILES string of the molecule is NCC1CC(=O)N(c2ccc(I)nn2)C1. The molecule has 1 amide bonds. The van der Waals surface area contributed by atoms with Gasteiger partial charge in [-0.15, -0.1) is 10.2 Å². The molecular weight excluding hydrogens is 307 g/mol. The van der Waals surface area contributed by atoms with Gasteiger partial charge in [-0.1, -0.05) is 0 Å². The highest BCUT2D eigenvalue weighted by Gasteiger charge is 2.30. The van der Waals surface area contributed by atoms with Crippen molar-refractivity contribution < 1.29 is 4.79 Å². The number of carbonyl (C=O) groups excluding carboxylic acids is 1. The molecule has 1 atom stereocenters. The molecule has 1 unspecified atom stereocenters. The van der Waals surface area contributed by atoms with Gasteiger partial charge in [0.1, 0.15) is 3.70 Å². The molecule has 1 aliphatic rings. The van der Waals surface area contributed by atoms with E-state index >= 15 is 0 Å². The van der Waals surface area contributed by atoms with E-state index in [-0.39, 0.29) is 11.8 Å². The summed E-state index contributed by atoms with van der Waals surface area (Å²) in [6.45, 7) is 1.20. The minimum Gasteiger partial charge on any atom is -0.330 e. The van der Waals surface area contributed by atoms with Crippen LogP contribution in [0.4, 0.5) is 5.82 Å². The molecule has 0 saturated carbocycles. The summed E-state index contributed by atoms with van der Waals surface area (Å²) in [7, 11) is 0. The fourth-order valence-corrected chi connectivity index (χ4v) is 1.90. The summed E-state index contributed by atoms with van der Waals surface area (Å²) in [6.07, 6.45) is 0.518. The second kappa shape index (κ2) is 4.40. The zero-order chi connectivity index (χ0) is 10.8. The Balaban J connectivity index is 2.18. The molecule has 0 aliphatic carbocycles. The second-order valence-electron chi connectivity index (χ2n) is 3.52. The Morgan fingerprint density at radius 1 is 1.53 bits per heavy atom. The monoisotopic (exact) mass is 318 g/mol. The van der Waals surface area contributed by atoms with Gasteiger partial charge in [0, 0.05) is 13.0 Å². The third kappa shape index (κ3) is 2.25. The molecule has 1 aromatic heterocycles. The molecule has 6 heteroatoms. The normalized spacial score (nSPS) is 21.1. The molecule has 2 rings (SSSR count). The first-order chi connectivity index (χ1) is 7.20. The van der Waals surface area contributed by atoms with Crippen molar-refractivity contribution >= 4 is 34.3 Å². The molecule has 80 valence electrons. The van der Waals surface area contributed by atoms with E-state index in [1.54, 1.807) is 4.90 Å². The van der Waals surface area contributed by atoms with Gasteiger partial charge in [0.05, 0.1) is 0 Å². The van der Waals surface area contributed by atoms with Gasteiger partial charge < -0.3 is 5.73 Å². The molecule has 1 fully saturated rings. The van der Waals surface area contributed by atoms with Crippen LogP contribution in [0.15, 0.2) is 12.1 Å². The summed E-state index contributed by atoms with van der Waals surface area (Å²) >= 11 is 2.08. The van der Waals surface area contributed by atoms with Crippen LogP contribution in [0.2, 0.25) is 0 Å². The van der Waals surface area contributed by atoms with E-state index in [1.807, 2.05) is 12.1 Å². The number of halogens is 1. The maximum Gasteiger partial charge on any atom is 0.228 e. The van der Waals surface area contributed by atoms with Crippen molar-refractivity contribution in [3.63, 3.8) is 0 Å². The summed E-state index contributed by atoms with van der Waals surface area (Å²) in [5.41, 5.74) is 5.54. The van der Waals surface area contributed by atoms with Crippen LogP contribution >= 0.6 is 22.6 Å². The van der Waals surface area contributed by atoms with Crippen LogP contribution in [0.5, 0.6) is 0 Å². The first-order valence-corrected chi connectivity index (χ1v) is 5.78. The van der Waals surface area contributed by atoms with E-state index in [0.717, 1.165) is 3.70 Å². The summed E-state index contributed by atoms with van der Waals surface area (Å²) in [4.78, 5) is 13.3. The molecule has 0 spiro atoms. The molecule has 1 aromatic rings. The van der Waals surface area contributed by atoms with Crippen LogP contribution in [0.25, 0.3) is 0 Å². The standard InChI is InChI=1S/C9H11IN4O/c10-7-1-2-8(13-12-7)14-5-6(4-11)3-9(14)15/h1-2,6H,3-5,11H2. The molecule has 0 radical (unpaired) electrons. The predicted octanol–water partition coefficient (Wildman–Crippen LogP) is 0.393. The average molecular weight is 318 g/mol. The second-order valence-corrected chi connectivity index (χ2v) is 4.63. The first-order valence-electron chi connectivity index (χ1n) is 4.70. The molecule has 0 aromatic carbocycles. The van der Waals surface area contributed by atoms with Gasteiger partial charge in [-0.05, 0) is 47.2 Å². The van der Waals surface area contributed by atoms with Gasteiger partial charge in [0.2, 0.25) is 5.91 Å². The summed E-state index contributed by atoms with van der Waals surface area (Å²) in [5, 5.41) is 7.91. The van der Waals surface area contributed by atoms with Gasteiger partial charge in [-0.2, -0.15) is 0 Å². The Morgan fingerprint density at radius 2 is 2.33 bits per heavy atom. The smallest absolute Gasteiger partial charge is 0.228 e. The zero-order valence-electron chi connectivity index (χ0n) is 8.06. The van der Waals surface area contributed by atoms with Crippen molar-refractivity contribution in [3.05, 3.63) is 15.8 Å². The molecule has 2 N–H and O–H groups in total. The number of anilines is 1. The van der Waals surface area contributed by atoms with E-state index in [0.29, 0.717) is 25.3 Å². The summed E-state index contributed by atoms with van der Waals surface area (Å²) in [5.74, 6) is 0.955. The maximum absolute atomic E-state index is 11.6. The number of carbonyl (C=O) groups is 1. The van der Waals surface area contributed by atoms with Crippen molar-refractivity contribution in [3.8, 4) is 0 Å². The minimum atomic E-state index is 0.0842. The van der Waals surface area contributed by atoms with Crippen molar-refractivity contribution in [2.24, 2.45) is 11.7 Å². The van der Waals surface area contributed by atoms with Crippen molar-refractivity contribution in [2.45, 2.75) is 6.42 Å². The Morgan fingerprint density at radius 3 is 2.87 bits per heavy atom. The lowest BCUT2D eigenvalue weighted by atomic mass is 10.1. The molecular formula is C9H11IN4O. The highest BCUT2D eigenvalue weighted by atomic mass is 127. The zero-order valence-corrected chi connectivity index (χ0v) is 10.2. The van der Waals surface area contributed by atoms with Gasteiger partial charge in [0.25, 0.3) is 0 Å². The Hall–Kier alpha value is -0.760. The Bertz CT molecular complexity index is 367. The highest BCUT2D eigenvalue weighted by Crippen LogP contribution is 2.22. The Labute approximate surface area is 101 Å². The van der Waals surface area contributed by atoms with Crippen LogP contribution in [0.3, 0.4) is 0 Å². The third-order valence-corrected chi connectivity index (χ3v) is 3.01. The lowest BCUT2D eigenvalue weighted by Crippen LogP contribution is -2.26. The Kier molecular flexibility index (Phi) is 3.15. The van der Waals surface area contributed by atoms with Crippen LogP contribution in [0.1, 0.15) is 6.42 Å². The molecule has 1 saturated heterocycles. The van der Waals surface area contributed by atoms with Gasteiger partial charge in [-0.25, -0.2) is 0 Å². The van der Waals surface area contributed by atoms with Crippen molar-refractivity contribution in [1.82, 2.24) is 10.2 Å². The van der Waals surface area contributed by atoms with Crippen LogP contribution < -0.4 is 10.6 Å². The molecule has 15 heavy (non-hydrogen) atoms. The summed E-state index contributed by atoms with van der Waals surface area (Å²) in [6, 6.07) is 3.65. The van der Waals surface area contributed by atoms with E-state index < -0.39 is 0 Å². The molecule has 0 bridgehead atoms. The fourth-order valence-electron chi connectivity index (χ4n) is 1.61. The van der Waals surface area contributed by atoms with E-state index in [2.05, 4.69) is 32.8 Å². The lowest BCUT2D eigenvalue weighted by molar-refractivity contribution is -0.117. The largest absolute Gasteiger partial charge is 0.330 e. The summed E-state index contributed by atoms with van der Waals surface area (Å²) < 4.78 is 0.818. The van der Waals surface area contributed by atoms with Crippen LogP contribution in [-0.4, -0.2) is 29.2 Å². The highest BCUT2D eigenvalue weighted by molar-refractivity contribution is 14.1. The van der Waals surface area contributed by atoms with Gasteiger partial charge in [0.15, 0.2) is 5.82 Å².